The Kier molecular flexibility index (Phi) is 6.84. The van der Waals surface area contributed by atoms with Gasteiger partial charge in [0, 0.05) is 19.0 Å². The molecule has 1 aromatic carbocycles. The average Bonchev–Trinajstić information content (AvgIpc) is 2.55. The van der Waals surface area contributed by atoms with Crippen molar-refractivity contribution in [3.63, 3.8) is 0 Å². The maximum atomic E-state index is 12.3. The highest BCUT2D eigenvalue weighted by atomic mass is 32.2. The summed E-state index contributed by atoms with van der Waals surface area (Å²) in [6.07, 6.45) is 6.35. The number of benzene rings is 1. The fourth-order valence-corrected chi connectivity index (χ4v) is 4.51. The lowest BCUT2D eigenvalue weighted by Crippen LogP contribution is -2.42. The molecular weight excluding hydrogens is 340 g/mol. The Morgan fingerprint density at radius 1 is 1.28 bits per heavy atom. The average molecular weight is 368 g/mol. The predicted octanol–water partition coefficient (Wildman–Crippen LogP) is 2.93. The van der Waals surface area contributed by atoms with Crippen LogP contribution in [-0.4, -0.2) is 44.6 Å². The lowest BCUT2D eigenvalue weighted by molar-refractivity contribution is -0.116. The van der Waals surface area contributed by atoms with Crippen molar-refractivity contribution in [2.24, 2.45) is 0 Å². The van der Waals surface area contributed by atoms with Gasteiger partial charge in [0.2, 0.25) is 15.9 Å². The summed E-state index contributed by atoms with van der Waals surface area (Å²) in [5.41, 5.74) is 1.62. The molecule has 6 nitrogen and oxygen atoms in total. The van der Waals surface area contributed by atoms with Crippen LogP contribution in [0.15, 0.2) is 18.2 Å². The van der Waals surface area contributed by atoms with Crippen molar-refractivity contribution in [1.82, 2.24) is 4.31 Å². The summed E-state index contributed by atoms with van der Waals surface area (Å²) in [7, 11) is -1.77. The summed E-state index contributed by atoms with van der Waals surface area (Å²) in [5, 5.41) is 2.83. The number of hydrogen-bond donors (Lipinski definition) is 1. The van der Waals surface area contributed by atoms with E-state index in [-0.39, 0.29) is 24.9 Å². The number of aryl methyl sites for hydroxylation is 1. The van der Waals surface area contributed by atoms with E-state index in [2.05, 4.69) is 5.32 Å². The van der Waals surface area contributed by atoms with E-state index in [1.807, 2.05) is 19.1 Å². The third-order valence-corrected chi connectivity index (χ3v) is 5.93. The molecule has 1 aromatic rings. The van der Waals surface area contributed by atoms with Gasteiger partial charge in [0.05, 0.1) is 19.1 Å². The fourth-order valence-electron chi connectivity index (χ4n) is 3.33. The number of sulfonamides is 1. The molecule has 0 atom stereocenters. The van der Waals surface area contributed by atoms with Crippen molar-refractivity contribution < 1.29 is 17.9 Å². The van der Waals surface area contributed by atoms with E-state index >= 15 is 0 Å². The van der Waals surface area contributed by atoms with E-state index in [1.54, 1.807) is 13.2 Å². The van der Waals surface area contributed by atoms with Gasteiger partial charge in [0.1, 0.15) is 5.75 Å². The Bertz CT molecular complexity index is 697. The number of amides is 1. The van der Waals surface area contributed by atoms with E-state index in [1.165, 1.54) is 10.6 Å². The van der Waals surface area contributed by atoms with Crippen LogP contribution >= 0.6 is 0 Å². The number of hydrogen-bond acceptors (Lipinski definition) is 4. The normalized spacial score (nSPS) is 16.0. The van der Waals surface area contributed by atoms with Crippen LogP contribution < -0.4 is 10.1 Å². The molecule has 1 fully saturated rings. The minimum atomic E-state index is -3.32. The highest BCUT2D eigenvalue weighted by molar-refractivity contribution is 7.88. The van der Waals surface area contributed by atoms with Gasteiger partial charge in [-0.3, -0.25) is 4.79 Å². The number of carbonyl (C=O) groups excluding carboxylic acids is 1. The molecular formula is C18H28N2O4S. The first-order valence-corrected chi connectivity index (χ1v) is 10.6. The van der Waals surface area contributed by atoms with Crippen LogP contribution in [0.4, 0.5) is 5.69 Å². The molecule has 0 aromatic heterocycles. The summed E-state index contributed by atoms with van der Waals surface area (Å²) in [4.78, 5) is 12.3. The lowest BCUT2D eigenvalue weighted by atomic mass is 9.95. The summed E-state index contributed by atoms with van der Waals surface area (Å²) in [6, 6.07) is 5.57. The molecule has 0 spiro atoms. The molecule has 0 heterocycles. The van der Waals surface area contributed by atoms with Gasteiger partial charge in [0.25, 0.3) is 0 Å². The van der Waals surface area contributed by atoms with E-state index in [4.69, 9.17) is 4.74 Å². The van der Waals surface area contributed by atoms with Crippen LogP contribution in [0.3, 0.4) is 0 Å². The molecule has 0 aliphatic heterocycles. The summed E-state index contributed by atoms with van der Waals surface area (Å²) in [5.74, 6) is 0.375. The first-order valence-electron chi connectivity index (χ1n) is 8.72. The Morgan fingerprint density at radius 3 is 2.56 bits per heavy atom. The molecule has 1 saturated carbocycles. The first kappa shape index (κ1) is 19.7. The van der Waals surface area contributed by atoms with Crippen molar-refractivity contribution in [2.75, 3.05) is 25.2 Å². The number of anilines is 1. The number of rotatable bonds is 7. The molecule has 0 bridgehead atoms. The van der Waals surface area contributed by atoms with E-state index in [0.29, 0.717) is 11.4 Å². The fraction of sp³-hybridized carbons (Fsp3) is 0.611. The molecule has 1 aliphatic carbocycles. The predicted molar refractivity (Wildman–Crippen MR) is 99.4 cm³/mol. The standard InChI is InChI=1S/C18H28N2O4S/c1-14-9-10-17(24-2)16(13-14)19-18(21)11-12-20(25(3,22)23)15-7-5-4-6-8-15/h9-10,13,15H,4-8,11-12H2,1-3H3,(H,19,21). The lowest BCUT2D eigenvalue weighted by Gasteiger charge is -2.32. The Labute approximate surface area is 150 Å². The molecule has 7 heteroatoms. The van der Waals surface area contributed by atoms with Crippen LogP contribution in [0.2, 0.25) is 0 Å². The molecule has 140 valence electrons. The molecule has 25 heavy (non-hydrogen) atoms. The minimum absolute atomic E-state index is 0.0186. The summed E-state index contributed by atoms with van der Waals surface area (Å²) >= 11 is 0. The third-order valence-electron chi connectivity index (χ3n) is 4.60. The zero-order valence-electron chi connectivity index (χ0n) is 15.2. The zero-order valence-corrected chi connectivity index (χ0v) is 16.1. The molecule has 0 saturated heterocycles. The summed E-state index contributed by atoms with van der Waals surface area (Å²) in [6.45, 7) is 2.15. The van der Waals surface area contributed by atoms with Crippen LogP contribution in [0.5, 0.6) is 5.75 Å². The number of nitrogens with zero attached hydrogens (tertiary/aromatic N) is 1. The van der Waals surface area contributed by atoms with Crippen molar-refractivity contribution in [3.8, 4) is 5.75 Å². The Hall–Kier alpha value is -1.60. The SMILES string of the molecule is COc1ccc(C)cc1NC(=O)CCN(C1CCCCC1)S(C)(=O)=O. The maximum absolute atomic E-state index is 12.3. The van der Waals surface area contributed by atoms with Crippen molar-refractivity contribution in [3.05, 3.63) is 23.8 Å². The van der Waals surface area contributed by atoms with Gasteiger partial charge in [-0.2, -0.15) is 4.31 Å². The molecule has 1 N–H and O–H groups in total. The smallest absolute Gasteiger partial charge is 0.225 e. The summed E-state index contributed by atoms with van der Waals surface area (Å²) < 4.78 is 31.0. The molecule has 0 radical (unpaired) electrons. The van der Waals surface area contributed by atoms with Gasteiger partial charge in [-0.1, -0.05) is 25.3 Å². The largest absolute Gasteiger partial charge is 0.495 e. The topological polar surface area (TPSA) is 75.7 Å². The third kappa shape index (κ3) is 5.71. The van der Waals surface area contributed by atoms with Crippen LogP contribution in [-0.2, 0) is 14.8 Å². The number of nitrogens with one attached hydrogen (secondary N) is 1. The van der Waals surface area contributed by atoms with Gasteiger partial charge in [-0.05, 0) is 37.5 Å². The molecule has 1 amide bonds. The van der Waals surface area contributed by atoms with Crippen molar-refractivity contribution >= 4 is 21.6 Å². The van der Waals surface area contributed by atoms with Crippen LogP contribution in [0.25, 0.3) is 0 Å². The van der Waals surface area contributed by atoms with Gasteiger partial charge < -0.3 is 10.1 Å². The second kappa shape index (κ2) is 8.67. The quantitative estimate of drug-likeness (QED) is 0.803. The zero-order chi connectivity index (χ0) is 18.4. The van der Waals surface area contributed by atoms with E-state index < -0.39 is 10.0 Å². The monoisotopic (exact) mass is 368 g/mol. The Balaban J connectivity index is 2.00. The number of carbonyl (C=O) groups is 1. The van der Waals surface area contributed by atoms with Gasteiger partial charge >= 0.3 is 0 Å². The van der Waals surface area contributed by atoms with E-state index in [0.717, 1.165) is 37.7 Å². The van der Waals surface area contributed by atoms with Gasteiger partial charge in [-0.25, -0.2) is 8.42 Å². The number of methoxy groups -OCH3 is 1. The van der Waals surface area contributed by atoms with Gasteiger partial charge in [-0.15, -0.1) is 0 Å². The molecule has 0 unspecified atom stereocenters. The highest BCUT2D eigenvalue weighted by Crippen LogP contribution is 2.26. The second-order valence-electron chi connectivity index (χ2n) is 6.67. The van der Waals surface area contributed by atoms with Crippen molar-refractivity contribution in [1.29, 1.82) is 0 Å². The minimum Gasteiger partial charge on any atom is -0.495 e. The number of ether oxygens (including phenoxy) is 1. The van der Waals surface area contributed by atoms with Crippen LogP contribution in [0.1, 0.15) is 44.1 Å². The van der Waals surface area contributed by atoms with Crippen molar-refractivity contribution in [2.45, 2.75) is 51.5 Å². The molecule has 2 rings (SSSR count). The first-order chi connectivity index (χ1) is 11.8. The molecule has 1 aliphatic rings. The van der Waals surface area contributed by atoms with Gasteiger partial charge in [0.15, 0.2) is 0 Å². The van der Waals surface area contributed by atoms with Crippen LogP contribution in [0, 0.1) is 6.92 Å². The maximum Gasteiger partial charge on any atom is 0.225 e. The highest BCUT2D eigenvalue weighted by Gasteiger charge is 2.28. The Morgan fingerprint density at radius 2 is 1.96 bits per heavy atom. The van der Waals surface area contributed by atoms with E-state index in [9.17, 15) is 13.2 Å². The second-order valence-corrected chi connectivity index (χ2v) is 8.60.